The fraction of sp³-hybridized carbons (Fsp3) is 0.143. The van der Waals surface area contributed by atoms with E-state index in [2.05, 4.69) is 9.72 Å². The molecule has 0 saturated carbocycles. The molecule has 2 aromatic rings. The van der Waals surface area contributed by atoms with Crippen molar-refractivity contribution in [2.24, 2.45) is 0 Å². The van der Waals surface area contributed by atoms with Crippen LogP contribution in [-0.4, -0.2) is 25.4 Å². The lowest BCUT2D eigenvalue weighted by Crippen LogP contribution is -2.10. The Bertz CT molecular complexity index is 771. The molecule has 0 fully saturated rings. The van der Waals surface area contributed by atoms with Gasteiger partial charge in [0.2, 0.25) is 5.88 Å². The molecule has 1 aromatic heterocycles. The van der Waals surface area contributed by atoms with E-state index in [-0.39, 0.29) is 33.6 Å². The van der Waals surface area contributed by atoms with Gasteiger partial charge in [-0.05, 0) is 12.1 Å². The number of ether oxygens (including phenoxy) is 3. The summed E-state index contributed by atoms with van der Waals surface area (Å²) in [7, 11) is 2.32. The van der Waals surface area contributed by atoms with Gasteiger partial charge in [0, 0.05) is 11.6 Å². The lowest BCUT2D eigenvalue weighted by molar-refractivity contribution is 0.120. The highest BCUT2D eigenvalue weighted by Gasteiger charge is 2.19. The maximum absolute atomic E-state index is 14.0. The van der Waals surface area contributed by atoms with Crippen LogP contribution in [0.4, 0.5) is 19.3 Å². The van der Waals surface area contributed by atoms with Crippen LogP contribution in [0.3, 0.4) is 0 Å². The average Bonchev–Trinajstić information content (AvgIpc) is 2.51. The first-order valence-corrected chi connectivity index (χ1v) is 6.50. The fourth-order valence-electron chi connectivity index (χ4n) is 1.73. The van der Waals surface area contributed by atoms with Crippen LogP contribution in [0.5, 0.6) is 11.6 Å². The number of nitrogens with two attached hydrogens (primary N) is 1. The van der Waals surface area contributed by atoms with E-state index in [4.69, 9.17) is 26.8 Å². The highest BCUT2D eigenvalue weighted by molar-refractivity contribution is 6.34. The summed E-state index contributed by atoms with van der Waals surface area (Å²) >= 11 is 5.88. The average molecular weight is 345 g/mol. The predicted octanol–water partition coefficient (Wildman–Crippen LogP) is 3.42. The van der Waals surface area contributed by atoms with E-state index in [1.165, 1.54) is 13.2 Å². The molecule has 0 atom stereocenters. The summed E-state index contributed by atoms with van der Waals surface area (Å²) in [5.41, 5.74) is 5.54. The van der Waals surface area contributed by atoms with E-state index in [9.17, 15) is 13.6 Å². The van der Waals surface area contributed by atoms with Crippen LogP contribution < -0.4 is 15.2 Å². The summed E-state index contributed by atoms with van der Waals surface area (Å²) < 4.78 is 41.3. The van der Waals surface area contributed by atoms with Crippen LogP contribution in [0.1, 0.15) is 0 Å². The minimum atomic E-state index is -1.08. The quantitative estimate of drug-likeness (QED) is 0.859. The number of hydrogen-bond donors (Lipinski definition) is 1. The Labute approximate surface area is 134 Å². The summed E-state index contributed by atoms with van der Waals surface area (Å²) in [4.78, 5) is 15.1. The Morgan fingerprint density at radius 2 is 1.91 bits per heavy atom. The zero-order chi connectivity index (χ0) is 17.1. The van der Waals surface area contributed by atoms with Gasteiger partial charge < -0.3 is 19.9 Å². The number of nitrogens with zero attached hydrogens (tertiary/aromatic N) is 1. The molecule has 6 nitrogen and oxygen atoms in total. The van der Waals surface area contributed by atoms with E-state index in [1.54, 1.807) is 0 Å². The number of benzene rings is 1. The number of rotatable bonds is 3. The largest absolute Gasteiger partial charge is 0.514 e. The summed E-state index contributed by atoms with van der Waals surface area (Å²) in [5, 5.41) is -0.145. The first-order chi connectivity index (χ1) is 10.9. The molecule has 0 amide bonds. The van der Waals surface area contributed by atoms with Crippen molar-refractivity contribution in [2.75, 3.05) is 20.0 Å². The van der Waals surface area contributed by atoms with E-state index in [0.717, 1.165) is 13.2 Å². The van der Waals surface area contributed by atoms with Crippen molar-refractivity contribution in [2.45, 2.75) is 0 Å². The third kappa shape index (κ3) is 3.42. The Balaban J connectivity index is 2.58. The van der Waals surface area contributed by atoms with Gasteiger partial charge in [-0.1, -0.05) is 11.6 Å². The summed E-state index contributed by atoms with van der Waals surface area (Å²) in [6.07, 6.45) is -1.08. The van der Waals surface area contributed by atoms with E-state index in [0.29, 0.717) is 6.07 Å². The second kappa shape index (κ2) is 6.66. The Morgan fingerprint density at radius 1 is 1.22 bits per heavy atom. The Kier molecular flexibility index (Phi) is 4.85. The normalized spacial score (nSPS) is 10.3. The number of hydrogen-bond acceptors (Lipinski definition) is 6. The molecule has 1 heterocycles. The molecule has 0 saturated heterocycles. The minimum Gasteiger partial charge on any atom is -0.494 e. The predicted molar refractivity (Wildman–Crippen MR) is 78.6 cm³/mol. The molecule has 9 heteroatoms. The van der Waals surface area contributed by atoms with Gasteiger partial charge in [-0.3, -0.25) is 0 Å². The van der Waals surface area contributed by atoms with Crippen molar-refractivity contribution in [1.82, 2.24) is 4.98 Å². The molecule has 0 aliphatic carbocycles. The molecular formula is C14H11ClF2N2O4. The third-order valence-electron chi connectivity index (χ3n) is 2.82. The first kappa shape index (κ1) is 16.8. The highest BCUT2D eigenvalue weighted by Crippen LogP contribution is 2.35. The number of aromatic nitrogens is 1. The highest BCUT2D eigenvalue weighted by atomic mass is 35.5. The van der Waals surface area contributed by atoms with Gasteiger partial charge in [0.25, 0.3) is 0 Å². The standard InChI is InChI=1S/C14H11ClF2N2O4/c1-21-11-3-6(7(16)4-8(11)17)10-5-9(18)12(15)13(19-10)23-14(20)22-2/h3-5H,1-2H3,(H2,18,19). The second-order valence-electron chi connectivity index (χ2n) is 4.24. The lowest BCUT2D eigenvalue weighted by Gasteiger charge is -2.11. The number of methoxy groups -OCH3 is 2. The summed E-state index contributed by atoms with van der Waals surface area (Å²) in [6, 6.07) is 2.99. The van der Waals surface area contributed by atoms with Gasteiger partial charge in [0.15, 0.2) is 11.6 Å². The van der Waals surface area contributed by atoms with Crippen LogP contribution in [-0.2, 0) is 4.74 Å². The van der Waals surface area contributed by atoms with Gasteiger partial charge in [-0.15, -0.1) is 0 Å². The van der Waals surface area contributed by atoms with Gasteiger partial charge in [0.1, 0.15) is 10.8 Å². The molecule has 0 radical (unpaired) electrons. The number of halogens is 3. The van der Waals surface area contributed by atoms with Crippen LogP contribution in [0.2, 0.25) is 5.02 Å². The number of carbonyl (C=O) groups excluding carboxylic acids is 1. The number of nitrogen functional groups attached to an aromatic ring is 1. The lowest BCUT2D eigenvalue weighted by atomic mass is 10.1. The molecule has 2 N–H and O–H groups in total. The Hall–Kier alpha value is -2.61. The topological polar surface area (TPSA) is 83.7 Å². The van der Waals surface area contributed by atoms with Crippen LogP contribution in [0, 0.1) is 11.6 Å². The van der Waals surface area contributed by atoms with E-state index >= 15 is 0 Å². The number of anilines is 1. The second-order valence-corrected chi connectivity index (χ2v) is 4.62. The zero-order valence-electron chi connectivity index (χ0n) is 12.0. The zero-order valence-corrected chi connectivity index (χ0v) is 12.8. The molecule has 2 rings (SSSR count). The number of carbonyl (C=O) groups is 1. The Morgan fingerprint density at radius 3 is 2.52 bits per heavy atom. The molecule has 23 heavy (non-hydrogen) atoms. The van der Waals surface area contributed by atoms with Gasteiger partial charge in [-0.25, -0.2) is 18.6 Å². The molecule has 1 aromatic carbocycles. The van der Waals surface area contributed by atoms with Crippen molar-refractivity contribution < 1.29 is 27.8 Å². The minimum absolute atomic E-state index is 0.0155. The monoisotopic (exact) mass is 344 g/mol. The first-order valence-electron chi connectivity index (χ1n) is 6.12. The van der Waals surface area contributed by atoms with E-state index < -0.39 is 17.8 Å². The van der Waals surface area contributed by atoms with Gasteiger partial charge in [0.05, 0.1) is 25.6 Å². The van der Waals surface area contributed by atoms with Crippen molar-refractivity contribution in [1.29, 1.82) is 0 Å². The molecule has 0 spiro atoms. The van der Waals surface area contributed by atoms with Gasteiger partial charge in [-0.2, -0.15) is 0 Å². The summed E-state index contributed by atoms with van der Waals surface area (Å²) in [6.45, 7) is 0. The SMILES string of the molecule is COC(=O)Oc1nc(-c2cc(OC)c(F)cc2F)cc(N)c1Cl. The summed E-state index contributed by atoms with van der Waals surface area (Å²) in [5.74, 6) is -2.33. The van der Waals surface area contributed by atoms with Gasteiger partial charge >= 0.3 is 6.16 Å². The van der Waals surface area contributed by atoms with E-state index in [1.807, 2.05) is 0 Å². The molecule has 0 aliphatic heterocycles. The smallest absolute Gasteiger partial charge is 0.494 e. The van der Waals surface area contributed by atoms with Crippen molar-refractivity contribution in [3.63, 3.8) is 0 Å². The van der Waals surface area contributed by atoms with Crippen molar-refractivity contribution in [3.8, 4) is 22.9 Å². The molecule has 0 bridgehead atoms. The maximum Gasteiger partial charge on any atom is 0.514 e. The van der Waals surface area contributed by atoms with Crippen molar-refractivity contribution in [3.05, 3.63) is 34.9 Å². The maximum atomic E-state index is 14.0. The van der Waals surface area contributed by atoms with Crippen LogP contribution in [0.25, 0.3) is 11.3 Å². The van der Waals surface area contributed by atoms with Crippen LogP contribution >= 0.6 is 11.6 Å². The molecule has 0 unspecified atom stereocenters. The fourth-order valence-corrected chi connectivity index (χ4v) is 1.87. The van der Waals surface area contributed by atoms with Crippen molar-refractivity contribution >= 4 is 23.4 Å². The van der Waals surface area contributed by atoms with Crippen LogP contribution in [0.15, 0.2) is 18.2 Å². The molecular weight excluding hydrogens is 334 g/mol. The molecule has 122 valence electrons. The molecule has 0 aliphatic rings. The third-order valence-corrected chi connectivity index (χ3v) is 3.20. The number of pyridine rings is 1.